The maximum atomic E-state index is 11.7. The van der Waals surface area contributed by atoms with Gasteiger partial charge in [0.15, 0.2) is 0 Å². The first kappa shape index (κ1) is 15.8. The molecule has 1 unspecified atom stereocenters. The van der Waals surface area contributed by atoms with E-state index in [0.717, 1.165) is 24.2 Å². The van der Waals surface area contributed by atoms with E-state index in [9.17, 15) is 4.79 Å². The number of carbonyl (C=O) groups is 1. The maximum absolute atomic E-state index is 11.7. The fraction of sp³-hybridized carbons (Fsp3) is 0.529. The molecule has 1 aromatic carbocycles. The van der Waals surface area contributed by atoms with Crippen molar-refractivity contribution in [3.63, 3.8) is 0 Å². The van der Waals surface area contributed by atoms with Crippen LogP contribution in [-0.2, 0) is 18.3 Å². The third-order valence-electron chi connectivity index (χ3n) is 4.35. The molecule has 3 rings (SSSR count). The van der Waals surface area contributed by atoms with E-state index in [-0.39, 0.29) is 6.09 Å². The number of ether oxygens (including phenoxy) is 1. The first-order valence-electron chi connectivity index (χ1n) is 8.15. The van der Waals surface area contributed by atoms with Crippen LogP contribution in [0.5, 0.6) is 0 Å². The second-order valence-electron chi connectivity index (χ2n) is 6.10. The maximum Gasteiger partial charge on any atom is 0.409 e. The molecule has 6 nitrogen and oxygen atoms in total. The number of fused-ring (bicyclic) bond motifs is 1. The third kappa shape index (κ3) is 3.32. The first-order chi connectivity index (χ1) is 11.1. The molecule has 1 amide bonds. The predicted octanol–water partition coefficient (Wildman–Crippen LogP) is 2.20. The van der Waals surface area contributed by atoms with Gasteiger partial charge in [0.25, 0.3) is 0 Å². The van der Waals surface area contributed by atoms with Gasteiger partial charge in [-0.25, -0.2) is 4.79 Å². The largest absolute Gasteiger partial charge is 0.450 e. The zero-order valence-corrected chi connectivity index (χ0v) is 14.0. The summed E-state index contributed by atoms with van der Waals surface area (Å²) in [4.78, 5) is 13.5. The Hall–Kier alpha value is -2.08. The molecular formula is C17H24N4O2. The number of carbonyl (C=O) groups excluding carboxylic acids is 1. The molecule has 1 atom stereocenters. The Balaban J connectivity index is 1.63. The fourth-order valence-electron chi connectivity index (χ4n) is 3.13. The summed E-state index contributed by atoms with van der Waals surface area (Å²) in [7, 11) is 1.97. The van der Waals surface area contributed by atoms with Crippen LogP contribution in [0, 0.1) is 6.92 Å². The standard InChI is InChI=1S/C17H24N4O2/c1-4-23-17(22)21-8-7-13(11-21)18-10-15-14-9-12(2)5-6-16(14)20(3)19-15/h5-6,9,13,18H,4,7-8,10-11H2,1-3H3. The Bertz CT molecular complexity index is 710. The van der Waals surface area contributed by atoms with E-state index in [1.54, 1.807) is 4.90 Å². The minimum Gasteiger partial charge on any atom is -0.450 e. The minimum atomic E-state index is -0.212. The summed E-state index contributed by atoms with van der Waals surface area (Å²) in [5.41, 5.74) is 3.44. The van der Waals surface area contributed by atoms with Gasteiger partial charge in [-0.1, -0.05) is 11.6 Å². The fourth-order valence-corrected chi connectivity index (χ4v) is 3.13. The van der Waals surface area contributed by atoms with E-state index in [1.807, 2.05) is 18.7 Å². The Morgan fingerprint density at radius 3 is 3.09 bits per heavy atom. The highest BCUT2D eigenvalue weighted by molar-refractivity contribution is 5.82. The lowest BCUT2D eigenvalue weighted by atomic mass is 10.1. The van der Waals surface area contributed by atoms with Crippen molar-refractivity contribution in [2.45, 2.75) is 32.9 Å². The van der Waals surface area contributed by atoms with Crippen molar-refractivity contribution in [3.8, 4) is 0 Å². The van der Waals surface area contributed by atoms with Crippen LogP contribution < -0.4 is 5.32 Å². The normalized spacial score (nSPS) is 17.9. The van der Waals surface area contributed by atoms with Gasteiger partial charge in [-0.15, -0.1) is 0 Å². The van der Waals surface area contributed by atoms with Crippen molar-refractivity contribution in [2.75, 3.05) is 19.7 Å². The van der Waals surface area contributed by atoms with Gasteiger partial charge in [0, 0.05) is 38.1 Å². The summed E-state index contributed by atoms with van der Waals surface area (Å²) in [6, 6.07) is 6.69. The van der Waals surface area contributed by atoms with Crippen molar-refractivity contribution in [1.82, 2.24) is 20.0 Å². The number of nitrogens with one attached hydrogen (secondary N) is 1. The van der Waals surface area contributed by atoms with Crippen molar-refractivity contribution in [2.24, 2.45) is 7.05 Å². The number of hydrogen-bond donors (Lipinski definition) is 1. The number of benzene rings is 1. The van der Waals surface area contributed by atoms with Gasteiger partial charge in [0.2, 0.25) is 0 Å². The van der Waals surface area contributed by atoms with Gasteiger partial charge < -0.3 is 15.0 Å². The van der Waals surface area contributed by atoms with Crippen molar-refractivity contribution in [3.05, 3.63) is 29.5 Å². The topological polar surface area (TPSA) is 59.4 Å². The van der Waals surface area contributed by atoms with Gasteiger partial charge in [0.05, 0.1) is 17.8 Å². The Labute approximate surface area is 136 Å². The molecular weight excluding hydrogens is 292 g/mol. The summed E-state index contributed by atoms with van der Waals surface area (Å²) in [6.07, 6.45) is 0.735. The Kier molecular flexibility index (Phi) is 4.52. The molecule has 1 aromatic heterocycles. The van der Waals surface area contributed by atoms with Crippen LogP contribution in [0.4, 0.5) is 4.79 Å². The summed E-state index contributed by atoms with van der Waals surface area (Å²) in [5, 5.41) is 9.34. The van der Waals surface area contributed by atoms with Gasteiger partial charge in [0.1, 0.15) is 0 Å². The summed E-state index contributed by atoms with van der Waals surface area (Å²) in [6.45, 7) is 6.51. The van der Waals surface area contributed by atoms with Gasteiger partial charge in [-0.05, 0) is 32.4 Å². The second kappa shape index (κ2) is 6.58. The minimum absolute atomic E-state index is 0.212. The van der Waals surface area contributed by atoms with Crippen molar-refractivity contribution >= 4 is 17.0 Å². The van der Waals surface area contributed by atoms with E-state index < -0.39 is 0 Å². The van der Waals surface area contributed by atoms with Crippen LogP contribution in [0.1, 0.15) is 24.6 Å². The molecule has 0 bridgehead atoms. The zero-order chi connectivity index (χ0) is 16.4. The highest BCUT2D eigenvalue weighted by atomic mass is 16.6. The molecule has 2 aromatic rings. The van der Waals surface area contributed by atoms with Gasteiger partial charge in [-0.2, -0.15) is 5.10 Å². The molecule has 1 N–H and O–H groups in total. The van der Waals surface area contributed by atoms with Crippen LogP contribution in [-0.4, -0.2) is 46.5 Å². The lowest BCUT2D eigenvalue weighted by Crippen LogP contribution is -2.35. The highest BCUT2D eigenvalue weighted by Gasteiger charge is 2.26. The molecule has 124 valence electrons. The average molecular weight is 316 g/mol. The number of aromatic nitrogens is 2. The average Bonchev–Trinajstić information content (AvgIpc) is 3.11. The number of nitrogens with zero attached hydrogens (tertiary/aromatic N) is 3. The molecule has 6 heteroatoms. The van der Waals surface area contributed by atoms with Crippen LogP contribution in [0.15, 0.2) is 18.2 Å². The number of aryl methyl sites for hydroxylation is 2. The van der Waals surface area contributed by atoms with E-state index in [0.29, 0.717) is 25.7 Å². The van der Waals surface area contributed by atoms with Gasteiger partial charge in [-0.3, -0.25) is 4.68 Å². The molecule has 1 aliphatic heterocycles. The number of hydrogen-bond acceptors (Lipinski definition) is 4. The van der Waals surface area contributed by atoms with Crippen LogP contribution in [0.3, 0.4) is 0 Å². The molecule has 0 radical (unpaired) electrons. The molecule has 1 fully saturated rings. The third-order valence-corrected chi connectivity index (χ3v) is 4.35. The molecule has 23 heavy (non-hydrogen) atoms. The SMILES string of the molecule is CCOC(=O)N1CCC(NCc2nn(C)c3ccc(C)cc23)C1. The molecule has 1 saturated heterocycles. The van der Waals surface area contributed by atoms with E-state index in [1.165, 1.54) is 10.9 Å². The quantitative estimate of drug-likeness (QED) is 0.939. The lowest BCUT2D eigenvalue weighted by Gasteiger charge is -2.16. The Morgan fingerprint density at radius 1 is 1.48 bits per heavy atom. The molecule has 1 aliphatic rings. The summed E-state index contributed by atoms with van der Waals surface area (Å²) in [5.74, 6) is 0. The molecule has 0 saturated carbocycles. The summed E-state index contributed by atoms with van der Waals surface area (Å²) < 4.78 is 6.98. The van der Waals surface area contributed by atoms with Crippen molar-refractivity contribution in [1.29, 1.82) is 0 Å². The second-order valence-corrected chi connectivity index (χ2v) is 6.10. The van der Waals surface area contributed by atoms with E-state index >= 15 is 0 Å². The predicted molar refractivity (Wildman–Crippen MR) is 89.3 cm³/mol. The monoisotopic (exact) mass is 316 g/mol. The molecule has 0 aliphatic carbocycles. The smallest absolute Gasteiger partial charge is 0.409 e. The van der Waals surface area contributed by atoms with E-state index in [2.05, 4.69) is 35.5 Å². The van der Waals surface area contributed by atoms with Crippen LogP contribution in [0.2, 0.25) is 0 Å². The van der Waals surface area contributed by atoms with Crippen molar-refractivity contribution < 1.29 is 9.53 Å². The zero-order valence-electron chi connectivity index (χ0n) is 14.0. The number of rotatable bonds is 4. The lowest BCUT2D eigenvalue weighted by molar-refractivity contribution is 0.115. The van der Waals surface area contributed by atoms with Gasteiger partial charge >= 0.3 is 6.09 Å². The molecule has 2 heterocycles. The Morgan fingerprint density at radius 2 is 2.30 bits per heavy atom. The van der Waals surface area contributed by atoms with E-state index in [4.69, 9.17) is 4.74 Å². The molecule has 0 spiro atoms. The number of amides is 1. The first-order valence-corrected chi connectivity index (χ1v) is 8.15. The van der Waals surface area contributed by atoms with Crippen LogP contribution >= 0.6 is 0 Å². The highest BCUT2D eigenvalue weighted by Crippen LogP contribution is 2.20. The summed E-state index contributed by atoms with van der Waals surface area (Å²) >= 11 is 0. The van der Waals surface area contributed by atoms with Crippen LogP contribution in [0.25, 0.3) is 10.9 Å². The number of likely N-dealkylation sites (tertiary alicyclic amines) is 1.